The Morgan fingerprint density at radius 3 is 2.81 bits per heavy atom. The van der Waals surface area contributed by atoms with E-state index in [9.17, 15) is 12.8 Å². The number of nitrogen functional groups attached to an aromatic ring is 1. The fraction of sp³-hybridized carbons (Fsp3) is 0.286. The van der Waals surface area contributed by atoms with Crippen LogP contribution in [-0.2, 0) is 29.4 Å². The van der Waals surface area contributed by atoms with Gasteiger partial charge < -0.3 is 5.73 Å². The van der Waals surface area contributed by atoms with E-state index in [4.69, 9.17) is 5.73 Å². The van der Waals surface area contributed by atoms with Crippen molar-refractivity contribution < 1.29 is 12.8 Å². The minimum absolute atomic E-state index is 0.184. The molecule has 0 fully saturated rings. The quantitative estimate of drug-likeness (QED) is 0.848. The summed E-state index contributed by atoms with van der Waals surface area (Å²) in [6, 6.07) is 5.60. The second kappa shape index (κ2) is 5.40. The number of benzene rings is 1. The largest absolute Gasteiger partial charge is 0.399 e. The predicted molar refractivity (Wildman–Crippen MR) is 81.2 cm³/mol. The van der Waals surface area contributed by atoms with Crippen LogP contribution in [0.15, 0.2) is 29.2 Å². The molecule has 0 aliphatic heterocycles. The number of thiophene rings is 1. The normalized spacial score (nSPS) is 14.3. The SMILES string of the molecule is Nc1ccc(S(=O)(=O)NCc2cc3c(s2)CCC3)c(F)c1. The number of nitrogens with two attached hydrogens (primary N) is 1. The van der Waals surface area contributed by atoms with Crippen LogP contribution in [0.3, 0.4) is 0 Å². The molecule has 0 amide bonds. The van der Waals surface area contributed by atoms with Crippen LogP contribution in [0.2, 0.25) is 0 Å². The lowest BCUT2D eigenvalue weighted by Gasteiger charge is -2.07. The molecular weight excluding hydrogens is 311 g/mol. The van der Waals surface area contributed by atoms with Crippen LogP contribution in [0, 0.1) is 5.82 Å². The molecule has 3 rings (SSSR count). The molecule has 112 valence electrons. The topological polar surface area (TPSA) is 72.2 Å². The highest BCUT2D eigenvalue weighted by molar-refractivity contribution is 7.89. The smallest absolute Gasteiger partial charge is 0.243 e. The van der Waals surface area contributed by atoms with Gasteiger partial charge in [-0.25, -0.2) is 17.5 Å². The minimum Gasteiger partial charge on any atom is -0.399 e. The molecule has 0 saturated heterocycles. The lowest BCUT2D eigenvalue weighted by Crippen LogP contribution is -2.23. The van der Waals surface area contributed by atoms with Crippen molar-refractivity contribution in [2.75, 3.05) is 5.73 Å². The van der Waals surface area contributed by atoms with Gasteiger partial charge in [-0.1, -0.05) is 0 Å². The van der Waals surface area contributed by atoms with Crippen LogP contribution < -0.4 is 10.5 Å². The second-order valence-corrected chi connectivity index (χ2v) is 7.99. The molecule has 7 heteroatoms. The van der Waals surface area contributed by atoms with E-state index >= 15 is 0 Å². The fourth-order valence-corrected chi connectivity index (χ4v) is 4.81. The van der Waals surface area contributed by atoms with Crippen molar-refractivity contribution in [2.24, 2.45) is 0 Å². The first kappa shape index (κ1) is 14.5. The summed E-state index contributed by atoms with van der Waals surface area (Å²) in [5.41, 5.74) is 6.93. The molecule has 3 N–H and O–H groups in total. The molecule has 4 nitrogen and oxygen atoms in total. The molecule has 1 aromatic heterocycles. The lowest BCUT2D eigenvalue weighted by molar-refractivity contribution is 0.557. The number of hydrogen-bond acceptors (Lipinski definition) is 4. The van der Waals surface area contributed by atoms with Crippen molar-refractivity contribution in [1.29, 1.82) is 0 Å². The number of halogens is 1. The molecule has 21 heavy (non-hydrogen) atoms. The first-order valence-electron chi connectivity index (χ1n) is 6.61. The van der Waals surface area contributed by atoms with E-state index in [1.54, 1.807) is 11.3 Å². The van der Waals surface area contributed by atoms with Gasteiger partial charge >= 0.3 is 0 Å². The highest BCUT2D eigenvalue weighted by Crippen LogP contribution is 2.30. The summed E-state index contributed by atoms with van der Waals surface area (Å²) in [6.07, 6.45) is 3.30. The van der Waals surface area contributed by atoms with Crippen LogP contribution in [0.5, 0.6) is 0 Å². The van der Waals surface area contributed by atoms with E-state index in [2.05, 4.69) is 4.72 Å². The molecule has 1 heterocycles. The average Bonchev–Trinajstić information content (AvgIpc) is 2.96. The standard InChI is InChI=1S/C14H15FN2O2S2/c15-12-7-10(16)4-5-14(12)21(18,19)17-8-11-6-9-2-1-3-13(9)20-11/h4-7,17H,1-3,8,16H2. The predicted octanol–water partition coefficient (Wildman–Crippen LogP) is 2.44. The summed E-state index contributed by atoms with van der Waals surface area (Å²) in [6.45, 7) is 0.184. The van der Waals surface area contributed by atoms with Gasteiger partial charge in [-0.05, 0) is 49.1 Å². The first-order valence-corrected chi connectivity index (χ1v) is 8.91. The number of anilines is 1. The fourth-order valence-electron chi connectivity index (χ4n) is 2.46. The van der Waals surface area contributed by atoms with E-state index < -0.39 is 15.8 Å². The number of rotatable bonds is 4. The van der Waals surface area contributed by atoms with Crippen LogP contribution in [0.1, 0.15) is 21.7 Å². The molecule has 0 atom stereocenters. The molecule has 0 bridgehead atoms. The van der Waals surface area contributed by atoms with Gasteiger partial charge in [-0.3, -0.25) is 0 Å². The number of aryl methyl sites for hydroxylation is 2. The Kier molecular flexibility index (Phi) is 3.73. The van der Waals surface area contributed by atoms with Crippen LogP contribution in [-0.4, -0.2) is 8.42 Å². The summed E-state index contributed by atoms with van der Waals surface area (Å²) < 4.78 is 40.4. The van der Waals surface area contributed by atoms with Gasteiger partial charge in [0.2, 0.25) is 10.0 Å². The Bertz CT molecular complexity index is 763. The molecule has 1 aliphatic carbocycles. The third kappa shape index (κ3) is 2.95. The van der Waals surface area contributed by atoms with Gasteiger partial charge in [-0.15, -0.1) is 11.3 Å². The van der Waals surface area contributed by atoms with Crippen molar-refractivity contribution in [3.8, 4) is 0 Å². The van der Waals surface area contributed by atoms with Crippen molar-refractivity contribution in [3.63, 3.8) is 0 Å². The molecule has 0 spiro atoms. The van der Waals surface area contributed by atoms with E-state index in [1.165, 1.54) is 29.0 Å². The molecule has 0 saturated carbocycles. The van der Waals surface area contributed by atoms with Gasteiger partial charge in [0.15, 0.2) is 0 Å². The number of fused-ring (bicyclic) bond motifs is 1. The van der Waals surface area contributed by atoms with Gasteiger partial charge in [0.25, 0.3) is 0 Å². The monoisotopic (exact) mass is 326 g/mol. The molecule has 1 aliphatic rings. The second-order valence-electron chi connectivity index (χ2n) is 5.03. The van der Waals surface area contributed by atoms with E-state index in [-0.39, 0.29) is 17.1 Å². The molecular formula is C14H15FN2O2S2. The van der Waals surface area contributed by atoms with Crippen molar-refractivity contribution in [1.82, 2.24) is 4.72 Å². The average molecular weight is 326 g/mol. The molecule has 1 aromatic carbocycles. The molecule has 0 unspecified atom stereocenters. The molecule has 2 aromatic rings. The summed E-state index contributed by atoms with van der Waals surface area (Å²) in [7, 11) is -3.87. The third-order valence-electron chi connectivity index (χ3n) is 3.48. The Labute approximate surface area is 126 Å². The number of nitrogens with one attached hydrogen (secondary N) is 1. The summed E-state index contributed by atoms with van der Waals surface area (Å²) >= 11 is 1.62. The third-order valence-corrected chi connectivity index (χ3v) is 6.15. The maximum absolute atomic E-state index is 13.7. The number of hydrogen-bond donors (Lipinski definition) is 2. The highest BCUT2D eigenvalue weighted by atomic mass is 32.2. The van der Waals surface area contributed by atoms with Gasteiger partial charge in [0.1, 0.15) is 10.7 Å². The zero-order valence-electron chi connectivity index (χ0n) is 11.2. The lowest BCUT2D eigenvalue weighted by atomic mass is 10.2. The Balaban J connectivity index is 1.76. The Morgan fingerprint density at radius 1 is 1.29 bits per heavy atom. The van der Waals surface area contributed by atoms with Gasteiger partial charge in [-0.2, -0.15) is 0 Å². The van der Waals surface area contributed by atoms with Crippen molar-refractivity contribution in [3.05, 3.63) is 45.4 Å². The summed E-state index contributed by atoms with van der Waals surface area (Å²) in [5, 5.41) is 0. The maximum atomic E-state index is 13.7. The highest BCUT2D eigenvalue weighted by Gasteiger charge is 2.20. The van der Waals surface area contributed by atoms with E-state index in [0.717, 1.165) is 23.8 Å². The van der Waals surface area contributed by atoms with E-state index in [0.29, 0.717) is 0 Å². The summed E-state index contributed by atoms with van der Waals surface area (Å²) in [4.78, 5) is 1.92. The van der Waals surface area contributed by atoms with Crippen LogP contribution in [0.4, 0.5) is 10.1 Å². The van der Waals surface area contributed by atoms with Crippen molar-refractivity contribution >= 4 is 27.0 Å². The molecule has 0 radical (unpaired) electrons. The minimum atomic E-state index is -3.87. The Morgan fingerprint density at radius 2 is 2.10 bits per heavy atom. The van der Waals surface area contributed by atoms with Gasteiger partial charge in [0, 0.05) is 22.0 Å². The van der Waals surface area contributed by atoms with E-state index in [1.807, 2.05) is 6.07 Å². The zero-order valence-corrected chi connectivity index (χ0v) is 12.9. The zero-order chi connectivity index (χ0) is 15.0. The van der Waals surface area contributed by atoms with Crippen LogP contribution >= 0.6 is 11.3 Å². The van der Waals surface area contributed by atoms with Gasteiger partial charge in [0.05, 0.1) is 0 Å². The van der Waals surface area contributed by atoms with Crippen molar-refractivity contribution in [2.45, 2.75) is 30.7 Å². The maximum Gasteiger partial charge on any atom is 0.243 e. The summed E-state index contributed by atoms with van der Waals surface area (Å²) in [5.74, 6) is -0.837. The van der Waals surface area contributed by atoms with Crippen LogP contribution in [0.25, 0.3) is 0 Å². The Hall–Kier alpha value is -1.44. The number of sulfonamides is 1. The first-order chi connectivity index (χ1) is 9.95.